The van der Waals surface area contributed by atoms with E-state index in [2.05, 4.69) is 38.0 Å². The number of likely N-dealkylation sites (N-methyl/N-ethyl adjacent to an activating group) is 2. The molecule has 2 nitrogen and oxygen atoms in total. The third-order valence-corrected chi connectivity index (χ3v) is 5.34. The van der Waals surface area contributed by atoms with Crippen LogP contribution in [-0.4, -0.2) is 36.6 Å². The van der Waals surface area contributed by atoms with E-state index >= 15 is 0 Å². The van der Waals surface area contributed by atoms with Crippen LogP contribution in [0.4, 0.5) is 0 Å². The molecule has 0 heterocycles. The summed E-state index contributed by atoms with van der Waals surface area (Å²) in [6.45, 7) is 8.48. The third kappa shape index (κ3) is 2.91. The molecule has 0 aromatic carbocycles. The molecule has 2 fully saturated rings. The lowest BCUT2D eigenvalue weighted by atomic mass is 9.75. The predicted octanol–water partition coefficient (Wildman–Crippen LogP) is 3.27. The number of nitrogens with zero attached hydrogens (tertiary/aromatic N) is 1. The van der Waals surface area contributed by atoms with Crippen LogP contribution in [0.25, 0.3) is 0 Å². The first-order valence-electron chi connectivity index (χ1n) is 8.10. The van der Waals surface area contributed by atoms with Crippen molar-refractivity contribution in [3.8, 4) is 0 Å². The Morgan fingerprint density at radius 1 is 1.11 bits per heavy atom. The first-order chi connectivity index (χ1) is 8.67. The molecule has 0 aliphatic heterocycles. The molecule has 4 atom stereocenters. The minimum absolute atomic E-state index is 0.698. The summed E-state index contributed by atoms with van der Waals surface area (Å²) in [4.78, 5) is 2.84. The summed E-state index contributed by atoms with van der Waals surface area (Å²) in [5.74, 6) is 1.72. The van der Waals surface area contributed by atoms with Gasteiger partial charge in [0.2, 0.25) is 0 Å². The zero-order valence-corrected chi connectivity index (χ0v) is 12.8. The summed E-state index contributed by atoms with van der Waals surface area (Å²) in [5.41, 5.74) is 0. The summed E-state index contributed by atoms with van der Waals surface area (Å²) in [6.07, 6.45) is 8.53. The average molecular weight is 252 g/mol. The van der Waals surface area contributed by atoms with Crippen LogP contribution >= 0.6 is 0 Å². The van der Waals surface area contributed by atoms with Gasteiger partial charge in [0, 0.05) is 18.1 Å². The Balaban J connectivity index is 2.10. The highest BCUT2D eigenvalue weighted by molar-refractivity contribution is 4.96. The molecule has 0 aromatic rings. The van der Waals surface area contributed by atoms with Gasteiger partial charge in [0.05, 0.1) is 0 Å². The van der Waals surface area contributed by atoms with Crippen LogP contribution in [0, 0.1) is 11.8 Å². The van der Waals surface area contributed by atoms with Crippen LogP contribution in [0.2, 0.25) is 0 Å². The fraction of sp³-hybridized carbons (Fsp3) is 1.00. The van der Waals surface area contributed by atoms with Crippen LogP contribution < -0.4 is 5.32 Å². The number of rotatable bonds is 4. The molecule has 0 spiro atoms. The SMILES string of the molecule is CCN(C1CCCC1)C1C(C)CC(C)CC1NC. The van der Waals surface area contributed by atoms with Crippen molar-refractivity contribution >= 4 is 0 Å². The van der Waals surface area contributed by atoms with E-state index in [1.54, 1.807) is 0 Å². The van der Waals surface area contributed by atoms with Gasteiger partial charge in [0.1, 0.15) is 0 Å². The summed E-state index contributed by atoms with van der Waals surface area (Å²) < 4.78 is 0. The number of hydrogen-bond donors (Lipinski definition) is 1. The van der Waals surface area contributed by atoms with Crippen molar-refractivity contribution in [3.63, 3.8) is 0 Å². The van der Waals surface area contributed by atoms with Gasteiger partial charge in [0.15, 0.2) is 0 Å². The smallest absolute Gasteiger partial charge is 0.0277 e. The van der Waals surface area contributed by atoms with E-state index in [1.807, 2.05) is 0 Å². The lowest BCUT2D eigenvalue weighted by Gasteiger charge is -2.47. The minimum Gasteiger partial charge on any atom is -0.315 e. The van der Waals surface area contributed by atoms with Crippen LogP contribution in [0.3, 0.4) is 0 Å². The highest BCUT2D eigenvalue weighted by atomic mass is 15.2. The van der Waals surface area contributed by atoms with Gasteiger partial charge in [0.25, 0.3) is 0 Å². The van der Waals surface area contributed by atoms with Crippen molar-refractivity contribution in [2.45, 2.75) is 77.4 Å². The van der Waals surface area contributed by atoms with Gasteiger partial charge < -0.3 is 5.32 Å². The van der Waals surface area contributed by atoms with Crippen molar-refractivity contribution in [2.24, 2.45) is 11.8 Å². The lowest BCUT2D eigenvalue weighted by Crippen LogP contribution is -2.58. The largest absolute Gasteiger partial charge is 0.315 e. The van der Waals surface area contributed by atoms with Gasteiger partial charge in [-0.15, -0.1) is 0 Å². The van der Waals surface area contributed by atoms with Crippen molar-refractivity contribution < 1.29 is 0 Å². The van der Waals surface area contributed by atoms with E-state index in [0.29, 0.717) is 6.04 Å². The van der Waals surface area contributed by atoms with E-state index in [9.17, 15) is 0 Å². The van der Waals surface area contributed by atoms with E-state index in [4.69, 9.17) is 0 Å². The van der Waals surface area contributed by atoms with E-state index < -0.39 is 0 Å². The maximum atomic E-state index is 3.61. The van der Waals surface area contributed by atoms with Gasteiger partial charge in [-0.05, 0) is 51.1 Å². The van der Waals surface area contributed by atoms with Gasteiger partial charge in [-0.1, -0.05) is 33.6 Å². The molecule has 2 saturated carbocycles. The normalized spacial score (nSPS) is 38.5. The Morgan fingerprint density at radius 3 is 2.33 bits per heavy atom. The first kappa shape index (κ1) is 14.3. The molecule has 2 aliphatic carbocycles. The van der Waals surface area contributed by atoms with Crippen molar-refractivity contribution in [3.05, 3.63) is 0 Å². The fourth-order valence-corrected chi connectivity index (χ4v) is 4.63. The standard InChI is InChI=1S/C16H32N2/c1-5-18(14-8-6-7-9-14)16-13(3)10-12(2)11-15(16)17-4/h12-17H,5-11H2,1-4H3. The number of nitrogens with one attached hydrogen (secondary N) is 1. The van der Waals surface area contributed by atoms with Crippen molar-refractivity contribution in [1.82, 2.24) is 10.2 Å². The Hall–Kier alpha value is -0.0800. The number of hydrogen-bond acceptors (Lipinski definition) is 2. The van der Waals surface area contributed by atoms with E-state index in [1.165, 1.54) is 45.1 Å². The summed E-state index contributed by atoms with van der Waals surface area (Å²) >= 11 is 0. The molecule has 2 rings (SSSR count). The third-order valence-electron chi connectivity index (χ3n) is 5.34. The summed E-state index contributed by atoms with van der Waals surface area (Å²) in [7, 11) is 2.16. The second-order valence-corrected chi connectivity index (χ2v) is 6.71. The fourth-order valence-electron chi connectivity index (χ4n) is 4.63. The van der Waals surface area contributed by atoms with Crippen LogP contribution in [-0.2, 0) is 0 Å². The average Bonchev–Trinajstić information content (AvgIpc) is 2.85. The lowest BCUT2D eigenvalue weighted by molar-refractivity contribution is 0.0376. The predicted molar refractivity (Wildman–Crippen MR) is 78.8 cm³/mol. The van der Waals surface area contributed by atoms with E-state index in [0.717, 1.165) is 23.9 Å². The Morgan fingerprint density at radius 2 is 1.78 bits per heavy atom. The van der Waals surface area contributed by atoms with Crippen molar-refractivity contribution in [2.75, 3.05) is 13.6 Å². The monoisotopic (exact) mass is 252 g/mol. The van der Waals surface area contributed by atoms with Gasteiger partial charge in [-0.2, -0.15) is 0 Å². The molecular formula is C16H32N2. The second kappa shape index (κ2) is 6.38. The Kier molecular flexibility index (Phi) is 5.08. The molecule has 2 aliphatic rings. The topological polar surface area (TPSA) is 15.3 Å². The van der Waals surface area contributed by atoms with E-state index in [-0.39, 0.29) is 0 Å². The molecule has 0 saturated heterocycles. The first-order valence-corrected chi connectivity index (χ1v) is 8.10. The summed E-state index contributed by atoms with van der Waals surface area (Å²) in [6, 6.07) is 2.33. The van der Waals surface area contributed by atoms with Crippen LogP contribution in [0.5, 0.6) is 0 Å². The molecule has 2 heteroatoms. The molecule has 0 aromatic heterocycles. The minimum atomic E-state index is 0.698. The highest BCUT2D eigenvalue weighted by Gasteiger charge is 2.39. The molecule has 4 unspecified atom stereocenters. The molecule has 0 radical (unpaired) electrons. The zero-order valence-electron chi connectivity index (χ0n) is 12.8. The van der Waals surface area contributed by atoms with Gasteiger partial charge in [-0.3, -0.25) is 4.90 Å². The van der Waals surface area contributed by atoms with Gasteiger partial charge in [-0.25, -0.2) is 0 Å². The van der Waals surface area contributed by atoms with Crippen molar-refractivity contribution in [1.29, 1.82) is 0 Å². The quantitative estimate of drug-likeness (QED) is 0.826. The Bertz CT molecular complexity index is 247. The molecule has 0 bridgehead atoms. The Labute approximate surface area is 114 Å². The molecule has 106 valence electrons. The molecule has 0 amide bonds. The second-order valence-electron chi connectivity index (χ2n) is 6.71. The van der Waals surface area contributed by atoms with Crippen LogP contribution in [0.15, 0.2) is 0 Å². The molecule has 18 heavy (non-hydrogen) atoms. The maximum absolute atomic E-state index is 3.61. The zero-order chi connectivity index (χ0) is 13.1. The van der Waals surface area contributed by atoms with Crippen LogP contribution in [0.1, 0.15) is 59.3 Å². The molecule has 1 N–H and O–H groups in total. The highest BCUT2D eigenvalue weighted by Crippen LogP contribution is 2.35. The maximum Gasteiger partial charge on any atom is 0.0277 e. The summed E-state index contributed by atoms with van der Waals surface area (Å²) in [5, 5.41) is 3.61. The van der Waals surface area contributed by atoms with Gasteiger partial charge >= 0.3 is 0 Å². The molecular weight excluding hydrogens is 220 g/mol.